The minimum atomic E-state index is -3.73. The number of nitrogens with two attached hydrogens (primary N) is 1. The lowest BCUT2D eigenvalue weighted by atomic mass is 10.1. The zero-order valence-electron chi connectivity index (χ0n) is 17.2. The highest BCUT2D eigenvalue weighted by atomic mass is 32.2. The number of nitrogens with one attached hydrogen (secondary N) is 2. The van der Waals surface area contributed by atoms with E-state index in [4.69, 9.17) is 9.88 Å². The van der Waals surface area contributed by atoms with Crippen LogP contribution in [0.5, 0.6) is 0 Å². The molecule has 10 heteroatoms. The third kappa shape index (κ3) is 8.99. The second kappa shape index (κ2) is 12.3. The number of carbonyl (C=O) groups is 2. The van der Waals surface area contributed by atoms with Crippen LogP contribution in [0.2, 0.25) is 0 Å². The molecular formula is C21H27N3O5S2. The molecule has 0 heterocycles. The number of alkyl carbamates (subject to hydrolysis) is 1. The number of hydrogen-bond donors (Lipinski definition) is 3. The molecule has 31 heavy (non-hydrogen) atoms. The number of rotatable bonds is 11. The van der Waals surface area contributed by atoms with E-state index < -0.39 is 22.2 Å². The van der Waals surface area contributed by atoms with Crippen LogP contribution >= 0.6 is 11.8 Å². The maximum atomic E-state index is 12.5. The first kappa shape index (κ1) is 24.7. The van der Waals surface area contributed by atoms with Gasteiger partial charge in [0.25, 0.3) is 0 Å². The molecule has 0 bridgehead atoms. The quantitative estimate of drug-likeness (QED) is 0.466. The predicted octanol–water partition coefficient (Wildman–Crippen LogP) is 2.04. The highest BCUT2D eigenvalue weighted by molar-refractivity contribution is 7.98. The lowest BCUT2D eigenvalue weighted by Crippen LogP contribution is -2.47. The average molecular weight is 466 g/mol. The average Bonchev–Trinajstić information content (AvgIpc) is 2.75. The standard InChI is InChI=1S/C21H27N3O5S2/c1-30-14-12-19(24-21(26)29-15-17-5-3-2-4-6-17)20(25)23-13-11-16-7-9-18(10-8-16)31(22,27)28/h2-10,19H,11-15H2,1H3,(H,23,25)(H,24,26)(H2,22,27,28)/t19-/m1/s1. The van der Waals surface area contributed by atoms with E-state index in [2.05, 4.69) is 10.6 Å². The van der Waals surface area contributed by atoms with Crippen LogP contribution in [-0.4, -0.2) is 45.0 Å². The summed E-state index contributed by atoms with van der Waals surface area (Å²) < 4.78 is 27.8. The Morgan fingerprint density at radius 1 is 1.06 bits per heavy atom. The zero-order valence-corrected chi connectivity index (χ0v) is 18.9. The summed E-state index contributed by atoms with van der Waals surface area (Å²) in [6.07, 6.45) is 2.25. The molecule has 0 aromatic heterocycles. The van der Waals surface area contributed by atoms with Gasteiger partial charge in [-0.1, -0.05) is 42.5 Å². The van der Waals surface area contributed by atoms with Gasteiger partial charge in [0.2, 0.25) is 15.9 Å². The fourth-order valence-electron chi connectivity index (χ4n) is 2.71. The molecule has 2 aromatic carbocycles. The van der Waals surface area contributed by atoms with E-state index in [1.54, 1.807) is 23.9 Å². The van der Waals surface area contributed by atoms with Crippen molar-refractivity contribution in [1.29, 1.82) is 0 Å². The summed E-state index contributed by atoms with van der Waals surface area (Å²) in [6.45, 7) is 0.460. The summed E-state index contributed by atoms with van der Waals surface area (Å²) in [5, 5.41) is 10.5. The van der Waals surface area contributed by atoms with Gasteiger partial charge in [0, 0.05) is 6.54 Å². The lowest BCUT2D eigenvalue weighted by molar-refractivity contribution is -0.123. The number of ether oxygens (including phenoxy) is 1. The van der Waals surface area contributed by atoms with Gasteiger partial charge in [-0.05, 0) is 48.1 Å². The van der Waals surface area contributed by atoms with Gasteiger partial charge in [-0.15, -0.1) is 0 Å². The van der Waals surface area contributed by atoms with Gasteiger partial charge < -0.3 is 15.4 Å². The van der Waals surface area contributed by atoms with E-state index in [1.807, 2.05) is 36.6 Å². The van der Waals surface area contributed by atoms with Gasteiger partial charge >= 0.3 is 6.09 Å². The third-order valence-corrected chi connectivity index (χ3v) is 5.97. The van der Waals surface area contributed by atoms with Crippen molar-refractivity contribution < 1.29 is 22.7 Å². The van der Waals surface area contributed by atoms with Crippen molar-refractivity contribution in [2.75, 3.05) is 18.6 Å². The van der Waals surface area contributed by atoms with E-state index in [0.29, 0.717) is 25.1 Å². The topological polar surface area (TPSA) is 128 Å². The SMILES string of the molecule is CSCC[C@@H](NC(=O)OCc1ccccc1)C(=O)NCCc1ccc(S(N)(=O)=O)cc1. The van der Waals surface area contributed by atoms with Crippen molar-refractivity contribution in [2.24, 2.45) is 5.14 Å². The van der Waals surface area contributed by atoms with Crippen molar-refractivity contribution in [1.82, 2.24) is 10.6 Å². The largest absolute Gasteiger partial charge is 0.445 e. The molecule has 0 saturated heterocycles. The summed E-state index contributed by atoms with van der Waals surface area (Å²) >= 11 is 1.58. The Bertz CT molecular complexity index is 951. The molecule has 1 atom stereocenters. The minimum Gasteiger partial charge on any atom is -0.445 e. The van der Waals surface area contributed by atoms with Crippen molar-refractivity contribution in [3.8, 4) is 0 Å². The van der Waals surface area contributed by atoms with E-state index in [-0.39, 0.29) is 17.4 Å². The van der Waals surface area contributed by atoms with Gasteiger partial charge in [0.1, 0.15) is 12.6 Å². The van der Waals surface area contributed by atoms with Crippen molar-refractivity contribution >= 4 is 33.8 Å². The summed E-state index contributed by atoms with van der Waals surface area (Å²) in [6, 6.07) is 14.7. The molecule has 0 aliphatic heterocycles. The smallest absolute Gasteiger partial charge is 0.408 e. The third-order valence-electron chi connectivity index (χ3n) is 4.40. The van der Waals surface area contributed by atoms with Crippen LogP contribution in [0.4, 0.5) is 4.79 Å². The maximum Gasteiger partial charge on any atom is 0.408 e. The first-order valence-electron chi connectivity index (χ1n) is 9.65. The Balaban J connectivity index is 1.83. The fraction of sp³-hybridized carbons (Fsp3) is 0.333. The molecule has 0 unspecified atom stereocenters. The number of carbonyl (C=O) groups excluding carboxylic acids is 2. The Hall–Kier alpha value is -2.56. The highest BCUT2D eigenvalue weighted by Crippen LogP contribution is 2.09. The predicted molar refractivity (Wildman–Crippen MR) is 121 cm³/mol. The number of sulfonamides is 1. The van der Waals surface area contributed by atoms with E-state index in [9.17, 15) is 18.0 Å². The van der Waals surface area contributed by atoms with Crippen LogP contribution in [0.1, 0.15) is 17.5 Å². The molecule has 8 nitrogen and oxygen atoms in total. The normalized spacial score (nSPS) is 12.1. The molecule has 2 amide bonds. The highest BCUT2D eigenvalue weighted by Gasteiger charge is 2.21. The van der Waals surface area contributed by atoms with E-state index >= 15 is 0 Å². The number of amides is 2. The second-order valence-electron chi connectivity index (χ2n) is 6.77. The first-order valence-corrected chi connectivity index (χ1v) is 12.6. The fourth-order valence-corrected chi connectivity index (χ4v) is 3.70. The molecule has 0 fully saturated rings. The van der Waals surface area contributed by atoms with Crippen molar-refractivity contribution in [3.63, 3.8) is 0 Å². The van der Waals surface area contributed by atoms with Crippen LogP contribution in [0.3, 0.4) is 0 Å². The van der Waals surface area contributed by atoms with Gasteiger partial charge in [-0.25, -0.2) is 18.4 Å². The lowest BCUT2D eigenvalue weighted by Gasteiger charge is -2.18. The minimum absolute atomic E-state index is 0.0376. The van der Waals surface area contributed by atoms with Crippen LogP contribution in [0.15, 0.2) is 59.5 Å². The van der Waals surface area contributed by atoms with Gasteiger partial charge in [-0.2, -0.15) is 11.8 Å². The molecule has 0 spiro atoms. The van der Waals surface area contributed by atoms with Crippen LogP contribution in [0.25, 0.3) is 0 Å². The summed E-state index contributed by atoms with van der Waals surface area (Å²) in [7, 11) is -3.73. The molecule has 0 radical (unpaired) electrons. The Kier molecular flexibility index (Phi) is 9.83. The molecular weight excluding hydrogens is 438 g/mol. The van der Waals surface area contributed by atoms with Crippen molar-refractivity contribution in [2.45, 2.75) is 30.4 Å². The first-order chi connectivity index (χ1) is 14.8. The summed E-state index contributed by atoms with van der Waals surface area (Å²) in [5.74, 6) is 0.401. The monoisotopic (exact) mass is 465 g/mol. The molecule has 0 aliphatic carbocycles. The van der Waals surface area contributed by atoms with Crippen LogP contribution in [0, 0.1) is 0 Å². The molecule has 168 valence electrons. The van der Waals surface area contributed by atoms with Crippen LogP contribution < -0.4 is 15.8 Å². The number of benzene rings is 2. The zero-order chi connectivity index (χ0) is 22.7. The molecule has 0 saturated carbocycles. The van der Waals surface area contributed by atoms with Gasteiger partial charge in [0.15, 0.2) is 0 Å². The van der Waals surface area contributed by atoms with Gasteiger partial charge in [0.05, 0.1) is 4.90 Å². The van der Waals surface area contributed by atoms with E-state index in [0.717, 1.165) is 11.1 Å². The number of thioether (sulfide) groups is 1. The molecule has 2 aromatic rings. The van der Waals surface area contributed by atoms with Crippen LogP contribution in [-0.2, 0) is 32.6 Å². The number of hydrogen-bond acceptors (Lipinski definition) is 6. The Morgan fingerprint density at radius 3 is 2.35 bits per heavy atom. The Morgan fingerprint density at radius 2 is 1.74 bits per heavy atom. The molecule has 0 aliphatic rings. The molecule has 4 N–H and O–H groups in total. The van der Waals surface area contributed by atoms with Gasteiger partial charge in [-0.3, -0.25) is 4.79 Å². The Labute approximate surface area is 187 Å². The second-order valence-corrected chi connectivity index (χ2v) is 9.32. The summed E-state index contributed by atoms with van der Waals surface area (Å²) in [4.78, 5) is 24.7. The number of primary sulfonamides is 1. The van der Waals surface area contributed by atoms with Crippen molar-refractivity contribution in [3.05, 3.63) is 65.7 Å². The molecule has 2 rings (SSSR count). The van der Waals surface area contributed by atoms with E-state index in [1.165, 1.54) is 12.1 Å². The maximum absolute atomic E-state index is 12.5. The summed E-state index contributed by atoms with van der Waals surface area (Å²) in [5.41, 5.74) is 1.71.